The molecule has 0 saturated carbocycles. The molecule has 116 valence electrons. The number of hydrogen-bond donors (Lipinski definition) is 2. The van der Waals surface area contributed by atoms with Gasteiger partial charge in [-0.2, -0.15) is 0 Å². The molecular weight excluding hydrogens is 296 g/mol. The third-order valence-corrected chi connectivity index (χ3v) is 4.79. The maximum atomic E-state index is 12.1. The van der Waals surface area contributed by atoms with Gasteiger partial charge in [-0.3, -0.25) is 4.79 Å². The van der Waals surface area contributed by atoms with Gasteiger partial charge in [0.2, 0.25) is 5.91 Å². The van der Waals surface area contributed by atoms with Crippen molar-refractivity contribution in [3.63, 3.8) is 0 Å². The van der Waals surface area contributed by atoms with Gasteiger partial charge in [-0.25, -0.2) is 9.97 Å². The number of hydrogen-bond acceptors (Lipinski definition) is 5. The van der Waals surface area contributed by atoms with Crippen LogP contribution in [0, 0.1) is 0 Å². The van der Waals surface area contributed by atoms with Gasteiger partial charge >= 0.3 is 0 Å². The lowest BCUT2D eigenvalue weighted by Crippen LogP contribution is -2.30. The molecule has 1 saturated heterocycles. The van der Waals surface area contributed by atoms with Crippen molar-refractivity contribution < 1.29 is 4.79 Å². The largest absolute Gasteiger partial charge is 0.370 e. The lowest BCUT2D eigenvalue weighted by molar-refractivity contribution is -0.120. The molecule has 2 N–H and O–H groups in total. The molecule has 0 spiro atoms. The maximum Gasteiger partial charge on any atom is 0.233 e. The van der Waals surface area contributed by atoms with E-state index in [2.05, 4.69) is 20.6 Å². The number of carbonyl (C=O) groups is 1. The molecule has 1 unspecified atom stereocenters. The van der Waals surface area contributed by atoms with Crippen LogP contribution < -0.4 is 10.6 Å². The number of anilines is 1. The highest BCUT2D eigenvalue weighted by atomic mass is 32.2. The topological polar surface area (TPSA) is 66.9 Å². The maximum absolute atomic E-state index is 12.1. The molecule has 6 heteroatoms. The second-order valence-electron chi connectivity index (χ2n) is 5.30. The van der Waals surface area contributed by atoms with E-state index in [1.807, 2.05) is 31.2 Å². The molecular formula is C16H20N4OS. The summed E-state index contributed by atoms with van der Waals surface area (Å²) in [5.41, 5.74) is 0.907. The molecule has 2 aromatic rings. The number of carbonyl (C=O) groups excluding carboxylic acids is 1. The number of amides is 1. The van der Waals surface area contributed by atoms with Gasteiger partial charge in [-0.1, -0.05) is 30.3 Å². The van der Waals surface area contributed by atoms with Gasteiger partial charge < -0.3 is 10.6 Å². The van der Waals surface area contributed by atoms with Gasteiger partial charge in [0.1, 0.15) is 5.82 Å². The Balaban J connectivity index is 1.91. The Morgan fingerprint density at radius 3 is 3.05 bits per heavy atom. The van der Waals surface area contributed by atoms with Gasteiger partial charge in [-0.05, 0) is 31.9 Å². The molecule has 1 atom stereocenters. The summed E-state index contributed by atoms with van der Waals surface area (Å²) in [6, 6.07) is 7.95. The number of nitrogens with one attached hydrogen (secondary N) is 2. The molecule has 0 aliphatic carbocycles. The summed E-state index contributed by atoms with van der Waals surface area (Å²) in [6.45, 7) is 3.62. The van der Waals surface area contributed by atoms with Crippen LogP contribution in [-0.2, 0) is 4.79 Å². The number of nitrogens with zero attached hydrogens (tertiary/aromatic N) is 2. The predicted molar refractivity (Wildman–Crippen MR) is 90.2 cm³/mol. The van der Waals surface area contributed by atoms with Crippen LogP contribution in [0.25, 0.3) is 10.9 Å². The Hall–Kier alpha value is -1.82. The Labute approximate surface area is 134 Å². The van der Waals surface area contributed by atoms with Crippen molar-refractivity contribution in [3.8, 4) is 0 Å². The Morgan fingerprint density at radius 2 is 2.18 bits per heavy atom. The minimum Gasteiger partial charge on any atom is -0.370 e. The predicted octanol–water partition coefficient (Wildman–Crippen LogP) is 2.82. The Bertz CT molecular complexity index is 676. The van der Waals surface area contributed by atoms with Crippen molar-refractivity contribution in [1.29, 1.82) is 0 Å². The number of aromatic nitrogens is 2. The van der Waals surface area contributed by atoms with E-state index in [4.69, 9.17) is 0 Å². The first-order valence-corrected chi connectivity index (χ1v) is 8.61. The second-order valence-corrected chi connectivity index (χ2v) is 6.47. The first-order chi connectivity index (χ1) is 10.8. The van der Waals surface area contributed by atoms with Crippen LogP contribution in [-0.4, -0.2) is 34.2 Å². The SMILES string of the molecule is CCNc1nc(SC2CCCCNC2=O)nc2ccccc12. The van der Waals surface area contributed by atoms with E-state index in [1.165, 1.54) is 11.8 Å². The van der Waals surface area contributed by atoms with Crippen LogP contribution in [0.3, 0.4) is 0 Å². The van der Waals surface area contributed by atoms with Crippen molar-refractivity contribution in [2.24, 2.45) is 0 Å². The molecule has 1 fully saturated rings. The summed E-state index contributed by atoms with van der Waals surface area (Å²) < 4.78 is 0. The smallest absolute Gasteiger partial charge is 0.233 e. The summed E-state index contributed by atoms with van der Waals surface area (Å²) >= 11 is 1.47. The van der Waals surface area contributed by atoms with Crippen molar-refractivity contribution in [2.75, 3.05) is 18.4 Å². The van der Waals surface area contributed by atoms with Crippen LogP contribution in [0.1, 0.15) is 26.2 Å². The highest BCUT2D eigenvalue weighted by molar-refractivity contribution is 8.00. The normalized spacial score (nSPS) is 18.8. The summed E-state index contributed by atoms with van der Waals surface area (Å²) in [5.74, 6) is 0.939. The highest BCUT2D eigenvalue weighted by Gasteiger charge is 2.23. The first-order valence-electron chi connectivity index (χ1n) is 7.73. The lowest BCUT2D eigenvalue weighted by Gasteiger charge is -2.13. The zero-order chi connectivity index (χ0) is 15.4. The molecule has 5 nitrogen and oxygen atoms in total. The Kier molecular flexibility index (Phi) is 4.77. The third kappa shape index (κ3) is 3.32. The minimum absolute atomic E-state index is 0.0989. The molecule has 0 bridgehead atoms. The monoisotopic (exact) mass is 316 g/mol. The van der Waals surface area contributed by atoms with Gasteiger partial charge in [0.05, 0.1) is 10.8 Å². The minimum atomic E-state index is -0.0989. The molecule has 1 amide bonds. The zero-order valence-corrected chi connectivity index (χ0v) is 13.4. The van der Waals surface area contributed by atoms with Crippen LogP contribution in [0.5, 0.6) is 0 Å². The lowest BCUT2D eigenvalue weighted by atomic mass is 10.2. The standard InChI is InChI=1S/C16H20N4OS/c1-2-17-14-11-7-3-4-8-12(11)19-16(20-14)22-13-9-5-6-10-18-15(13)21/h3-4,7-8,13H,2,5-6,9-10H2,1H3,(H,18,21)(H,17,19,20). The summed E-state index contributed by atoms with van der Waals surface area (Å²) in [4.78, 5) is 21.3. The van der Waals surface area contributed by atoms with Crippen molar-refractivity contribution >= 4 is 34.4 Å². The van der Waals surface area contributed by atoms with E-state index in [9.17, 15) is 4.79 Å². The van der Waals surface area contributed by atoms with Gasteiger partial charge in [0, 0.05) is 18.5 Å². The van der Waals surface area contributed by atoms with E-state index < -0.39 is 0 Å². The van der Waals surface area contributed by atoms with E-state index >= 15 is 0 Å². The average Bonchev–Trinajstić information content (AvgIpc) is 2.73. The van der Waals surface area contributed by atoms with Crippen LogP contribution in [0.15, 0.2) is 29.4 Å². The summed E-state index contributed by atoms with van der Waals surface area (Å²) in [5, 5.41) is 7.83. The third-order valence-electron chi connectivity index (χ3n) is 3.66. The molecule has 1 aliphatic heterocycles. The van der Waals surface area contributed by atoms with Crippen molar-refractivity contribution in [3.05, 3.63) is 24.3 Å². The fraction of sp³-hybridized carbons (Fsp3) is 0.438. The van der Waals surface area contributed by atoms with Crippen LogP contribution in [0.2, 0.25) is 0 Å². The molecule has 2 heterocycles. The van der Waals surface area contributed by atoms with E-state index in [0.717, 1.165) is 49.1 Å². The van der Waals surface area contributed by atoms with Gasteiger partial charge in [-0.15, -0.1) is 0 Å². The molecule has 3 rings (SSSR count). The molecule has 1 aliphatic rings. The quantitative estimate of drug-likeness (QED) is 0.849. The number of thioether (sulfide) groups is 1. The molecule has 1 aromatic heterocycles. The summed E-state index contributed by atoms with van der Waals surface area (Å²) in [7, 11) is 0. The number of fused-ring (bicyclic) bond motifs is 1. The fourth-order valence-electron chi connectivity index (χ4n) is 2.56. The van der Waals surface area contributed by atoms with Gasteiger partial charge in [0.25, 0.3) is 0 Å². The Morgan fingerprint density at radius 1 is 1.32 bits per heavy atom. The average molecular weight is 316 g/mol. The fourth-order valence-corrected chi connectivity index (χ4v) is 3.59. The van der Waals surface area contributed by atoms with E-state index in [-0.39, 0.29) is 11.2 Å². The highest BCUT2D eigenvalue weighted by Crippen LogP contribution is 2.29. The van der Waals surface area contributed by atoms with Crippen molar-refractivity contribution in [2.45, 2.75) is 36.6 Å². The number of para-hydroxylation sites is 1. The van der Waals surface area contributed by atoms with Crippen molar-refractivity contribution in [1.82, 2.24) is 15.3 Å². The first kappa shape index (κ1) is 15.1. The zero-order valence-electron chi connectivity index (χ0n) is 12.6. The number of benzene rings is 1. The van der Waals surface area contributed by atoms with Gasteiger partial charge in [0.15, 0.2) is 5.16 Å². The molecule has 0 radical (unpaired) electrons. The second kappa shape index (κ2) is 6.96. The van der Waals surface area contributed by atoms with Crippen LogP contribution >= 0.6 is 11.8 Å². The number of rotatable bonds is 4. The molecule has 22 heavy (non-hydrogen) atoms. The molecule has 1 aromatic carbocycles. The van der Waals surface area contributed by atoms with Crippen LogP contribution in [0.4, 0.5) is 5.82 Å². The van der Waals surface area contributed by atoms with E-state index in [0.29, 0.717) is 5.16 Å². The summed E-state index contributed by atoms with van der Waals surface area (Å²) in [6.07, 6.45) is 2.98. The van der Waals surface area contributed by atoms with E-state index in [1.54, 1.807) is 0 Å².